The van der Waals surface area contributed by atoms with Gasteiger partial charge in [0.1, 0.15) is 18.0 Å². The van der Waals surface area contributed by atoms with Crippen molar-refractivity contribution in [1.82, 2.24) is 24.1 Å². The van der Waals surface area contributed by atoms with Crippen molar-refractivity contribution in [3.8, 4) is 5.75 Å². The summed E-state index contributed by atoms with van der Waals surface area (Å²) in [7, 11) is 1.87. The average molecular weight is 453 g/mol. The molecule has 0 saturated heterocycles. The van der Waals surface area contributed by atoms with Crippen LogP contribution in [0.3, 0.4) is 0 Å². The summed E-state index contributed by atoms with van der Waals surface area (Å²) >= 11 is 0. The number of hydrogen-bond acceptors (Lipinski definition) is 5. The number of amides is 1. The van der Waals surface area contributed by atoms with Gasteiger partial charge in [0.25, 0.3) is 5.91 Å². The molecular weight excluding hydrogens is 428 g/mol. The smallest absolute Gasteiger partial charge is 0.256 e. The molecule has 1 aliphatic rings. The lowest BCUT2D eigenvalue weighted by molar-refractivity contribution is 0.102. The van der Waals surface area contributed by atoms with E-state index in [0.717, 1.165) is 46.6 Å². The summed E-state index contributed by atoms with van der Waals surface area (Å²) < 4.78 is 9.66. The predicted molar refractivity (Wildman–Crippen MR) is 129 cm³/mol. The minimum atomic E-state index is -0.178. The third kappa shape index (κ3) is 3.77. The highest BCUT2D eigenvalue weighted by atomic mass is 16.5. The highest BCUT2D eigenvalue weighted by Gasteiger charge is 2.28. The number of carbonyl (C=O) groups is 1. The van der Waals surface area contributed by atoms with E-state index in [1.165, 1.54) is 0 Å². The standard InChI is InChI=1S/C26H24N6O2/c1-16-24-21(13-22(17-9-10-17)29-25(24)31(2)30-16)26(33)28-18-6-5-7-20(12-18)34-15-19-14-32-11-4-3-8-23(32)27-19/h3-8,11-14,17H,9-10,15H2,1-2H3,(H,28,33). The summed E-state index contributed by atoms with van der Waals surface area (Å²) in [6.45, 7) is 2.25. The number of rotatable bonds is 6. The van der Waals surface area contributed by atoms with E-state index in [1.54, 1.807) is 4.68 Å². The minimum Gasteiger partial charge on any atom is -0.487 e. The molecular formula is C26H24N6O2. The molecule has 170 valence electrons. The van der Waals surface area contributed by atoms with E-state index in [9.17, 15) is 4.79 Å². The lowest BCUT2D eigenvalue weighted by Gasteiger charge is -2.10. The molecule has 0 unspecified atom stereocenters. The SMILES string of the molecule is Cc1nn(C)c2nc(C3CC3)cc(C(=O)Nc3cccc(OCc4cn5ccccc5n4)c3)c12. The average Bonchev–Trinajstić information content (AvgIpc) is 3.54. The third-order valence-electron chi connectivity index (χ3n) is 6.12. The number of ether oxygens (including phenoxy) is 1. The first kappa shape index (κ1) is 20.4. The zero-order valence-corrected chi connectivity index (χ0v) is 19.0. The molecule has 1 saturated carbocycles. The van der Waals surface area contributed by atoms with E-state index in [1.807, 2.05) is 79.3 Å². The van der Waals surface area contributed by atoms with Crippen LogP contribution < -0.4 is 10.1 Å². The minimum absolute atomic E-state index is 0.178. The zero-order chi connectivity index (χ0) is 23.2. The number of benzene rings is 1. The van der Waals surface area contributed by atoms with Crippen molar-refractivity contribution in [2.75, 3.05) is 5.32 Å². The number of aromatic nitrogens is 5. The lowest BCUT2D eigenvalue weighted by atomic mass is 10.1. The van der Waals surface area contributed by atoms with Crippen LogP contribution in [-0.2, 0) is 13.7 Å². The van der Waals surface area contributed by atoms with Crippen molar-refractivity contribution in [2.45, 2.75) is 32.3 Å². The van der Waals surface area contributed by atoms with Crippen LogP contribution in [0.25, 0.3) is 16.7 Å². The maximum atomic E-state index is 13.3. The highest BCUT2D eigenvalue weighted by molar-refractivity contribution is 6.12. The highest BCUT2D eigenvalue weighted by Crippen LogP contribution is 2.40. The van der Waals surface area contributed by atoms with Crippen LogP contribution in [-0.4, -0.2) is 30.1 Å². The van der Waals surface area contributed by atoms with Gasteiger partial charge in [-0.1, -0.05) is 12.1 Å². The molecule has 5 aromatic rings. The van der Waals surface area contributed by atoms with Crippen molar-refractivity contribution in [2.24, 2.45) is 7.05 Å². The van der Waals surface area contributed by atoms with E-state index < -0.39 is 0 Å². The fraction of sp³-hybridized carbons (Fsp3) is 0.231. The molecule has 4 heterocycles. The zero-order valence-electron chi connectivity index (χ0n) is 19.0. The first-order chi connectivity index (χ1) is 16.5. The van der Waals surface area contributed by atoms with Crippen molar-refractivity contribution in [1.29, 1.82) is 0 Å². The first-order valence-corrected chi connectivity index (χ1v) is 11.4. The second kappa shape index (κ2) is 7.98. The van der Waals surface area contributed by atoms with Crippen LogP contribution in [0.15, 0.2) is 60.9 Å². The molecule has 1 N–H and O–H groups in total. The molecule has 1 aliphatic carbocycles. The van der Waals surface area contributed by atoms with Crippen LogP contribution >= 0.6 is 0 Å². The van der Waals surface area contributed by atoms with Crippen molar-refractivity contribution in [3.05, 3.63) is 83.6 Å². The number of fused-ring (bicyclic) bond motifs is 2. The third-order valence-corrected chi connectivity index (χ3v) is 6.12. The molecule has 1 aromatic carbocycles. The van der Waals surface area contributed by atoms with Crippen LogP contribution in [0.1, 0.15) is 46.2 Å². The molecule has 0 spiro atoms. The molecule has 8 heteroatoms. The number of nitrogens with zero attached hydrogens (tertiary/aromatic N) is 5. The molecule has 8 nitrogen and oxygen atoms in total. The van der Waals surface area contributed by atoms with E-state index in [2.05, 4.69) is 15.4 Å². The van der Waals surface area contributed by atoms with Gasteiger partial charge in [-0.25, -0.2) is 9.97 Å². The number of hydrogen-bond donors (Lipinski definition) is 1. The number of pyridine rings is 2. The Morgan fingerprint density at radius 1 is 1.15 bits per heavy atom. The van der Waals surface area contributed by atoms with Crippen LogP contribution in [0.2, 0.25) is 0 Å². The maximum absolute atomic E-state index is 13.3. The second-order valence-electron chi connectivity index (χ2n) is 8.75. The molecule has 1 fully saturated rings. The Morgan fingerprint density at radius 2 is 2.03 bits per heavy atom. The van der Waals surface area contributed by atoms with Gasteiger partial charge in [-0.15, -0.1) is 0 Å². The molecule has 6 rings (SSSR count). The molecule has 1 amide bonds. The van der Waals surface area contributed by atoms with Crippen LogP contribution in [0.4, 0.5) is 5.69 Å². The number of imidazole rings is 1. The molecule has 0 bridgehead atoms. The fourth-order valence-electron chi connectivity index (χ4n) is 4.31. The maximum Gasteiger partial charge on any atom is 0.256 e. The summed E-state index contributed by atoms with van der Waals surface area (Å²) in [5.74, 6) is 0.913. The Hall–Kier alpha value is -4.20. The van der Waals surface area contributed by atoms with E-state index in [0.29, 0.717) is 29.5 Å². The monoisotopic (exact) mass is 452 g/mol. The summed E-state index contributed by atoms with van der Waals surface area (Å²) in [5, 5.41) is 8.32. The molecule has 0 aliphatic heterocycles. The number of anilines is 1. The van der Waals surface area contributed by atoms with Gasteiger partial charge in [0.15, 0.2) is 5.65 Å². The van der Waals surface area contributed by atoms with E-state index in [-0.39, 0.29) is 5.91 Å². The Balaban J connectivity index is 1.23. The van der Waals surface area contributed by atoms with Gasteiger partial charge in [0.05, 0.1) is 22.3 Å². The van der Waals surface area contributed by atoms with Gasteiger partial charge >= 0.3 is 0 Å². The Bertz CT molecular complexity index is 1510. The predicted octanol–water partition coefficient (Wildman–Crippen LogP) is 4.63. The first-order valence-electron chi connectivity index (χ1n) is 11.4. The largest absolute Gasteiger partial charge is 0.487 e. The summed E-state index contributed by atoms with van der Waals surface area (Å²) in [5.41, 5.74) is 5.48. The van der Waals surface area contributed by atoms with Crippen molar-refractivity contribution < 1.29 is 9.53 Å². The Labute approximate surface area is 196 Å². The van der Waals surface area contributed by atoms with Gasteiger partial charge in [-0.05, 0) is 50.1 Å². The molecule has 34 heavy (non-hydrogen) atoms. The number of carbonyl (C=O) groups excluding carboxylic acids is 1. The van der Waals surface area contributed by atoms with E-state index >= 15 is 0 Å². The summed E-state index contributed by atoms with van der Waals surface area (Å²) in [6, 6.07) is 15.2. The van der Waals surface area contributed by atoms with Gasteiger partial charge in [-0.2, -0.15) is 5.10 Å². The van der Waals surface area contributed by atoms with Crippen LogP contribution in [0.5, 0.6) is 5.75 Å². The number of nitrogens with one attached hydrogen (secondary N) is 1. The van der Waals surface area contributed by atoms with Gasteiger partial charge in [-0.3, -0.25) is 9.48 Å². The van der Waals surface area contributed by atoms with Crippen molar-refractivity contribution in [3.63, 3.8) is 0 Å². The number of aryl methyl sites for hydroxylation is 2. The second-order valence-corrected chi connectivity index (χ2v) is 8.75. The van der Waals surface area contributed by atoms with Gasteiger partial charge in [0.2, 0.25) is 0 Å². The fourth-order valence-corrected chi connectivity index (χ4v) is 4.31. The summed E-state index contributed by atoms with van der Waals surface area (Å²) in [4.78, 5) is 22.7. The summed E-state index contributed by atoms with van der Waals surface area (Å²) in [6.07, 6.45) is 6.13. The van der Waals surface area contributed by atoms with Crippen LogP contribution in [0, 0.1) is 6.92 Å². The lowest BCUT2D eigenvalue weighted by Crippen LogP contribution is -2.14. The van der Waals surface area contributed by atoms with Gasteiger partial charge < -0.3 is 14.5 Å². The topological polar surface area (TPSA) is 86.3 Å². The molecule has 4 aromatic heterocycles. The van der Waals surface area contributed by atoms with Crippen molar-refractivity contribution >= 4 is 28.3 Å². The normalized spacial score (nSPS) is 13.5. The quantitative estimate of drug-likeness (QED) is 0.406. The van der Waals surface area contributed by atoms with E-state index in [4.69, 9.17) is 9.72 Å². The Kier molecular flexibility index (Phi) is 4.79. The molecule has 0 radical (unpaired) electrons. The Morgan fingerprint density at radius 3 is 2.85 bits per heavy atom. The van der Waals surface area contributed by atoms with Gasteiger partial charge in [0, 0.05) is 42.8 Å². The molecule has 0 atom stereocenters.